The molecule has 3 N–H and O–H groups in total. The molecule has 0 aliphatic rings. The molecule has 0 saturated carbocycles. The van der Waals surface area contributed by atoms with E-state index < -0.39 is 0 Å². The van der Waals surface area contributed by atoms with Crippen LogP contribution in [0.25, 0.3) is 0 Å². The van der Waals surface area contributed by atoms with Crippen molar-refractivity contribution in [3.8, 4) is 17.2 Å². The van der Waals surface area contributed by atoms with Crippen LogP contribution in [0.5, 0.6) is 17.2 Å². The Labute approximate surface area is 357 Å². The molecule has 0 radical (unpaired) electrons. The summed E-state index contributed by atoms with van der Waals surface area (Å²) in [5.41, 5.74) is 1.91. The summed E-state index contributed by atoms with van der Waals surface area (Å²) in [6, 6.07) is 25.5. The molecule has 0 aliphatic carbocycles. The fourth-order valence-corrected chi connectivity index (χ4v) is 6.96. The van der Waals surface area contributed by atoms with Crippen molar-refractivity contribution >= 4 is 17.3 Å². The maximum atomic E-state index is 14.0. The van der Waals surface area contributed by atoms with E-state index >= 15 is 0 Å². The lowest BCUT2D eigenvalue weighted by Crippen LogP contribution is -2.11. The molecule has 0 atom stereocenters. The molecule has 4 aromatic rings. The second-order valence-electron chi connectivity index (χ2n) is 15.4. The van der Waals surface area contributed by atoms with Gasteiger partial charge >= 0.3 is 0 Å². The Hall–Kier alpha value is -4.83. The number of hydrogen-bond donors (Lipinski definition) is 3. The number of rotatable bonds is 33. The third kappa shape index (κ3) is 17.4. The van der Waals surface area contributed by atoms with Crippen LogP contribution in [0.3, 0.4) is 0 Å². The highest BCUT2D eigenvalue weighted by molar-refractivity contribution is 6.17. The zero-order valence-corrected chi connectivity index (χ0v) is 35.4. The summed E-state index contributed by atoms with van der Waals surface area (Å²) >= 11 is 0. The number of unbranched alkanes of at least 4 members (excludes halogenated alkanes) is 15. The summed E-state index contributed by atoms with van der Waals surface area (Å²) in [5.74, 6) is 1.03. The van der Waals surface area contributed by atoms with Crippen LogP contribution in [0.1, 0.15) is 163 Å². The van der Waals surface area contributed by atoms with Crippen LogP contribution in [0.15, 0.2) is 91.0 Å². The van der Waals surface area contributed by atoms with E-state index in [1.165, 1.54) is 0 Å². The predicted molar refractivity (Wildman–Crippen MR) is 237 cm³/mol. The van der Waals surface area contributed by atoms with Crippen molar-refractivity contribution in [1.29, 1.82) is 0 Å². The second kappa shape index (κ2) is 28.6. The molecular weight excluding hydrogens is 757 g/mol. The van der Waals surface area contributed by atoms with Gasteiger partial charge in [0.05, 0.1) is 19.8 Å². The number of aliphatic hydroxyl groups excluding tert-OH is 3. The van der Waals surface area contributed by atoms with Crippen LogP contribution in [0, 0.1) is 0 Å². The smallest absolute Gasteiger partial charge is 0.193 e. The average Bonchev–Trinajstić information content (AvgIpc) is 3.28. The van der Waals surface area contributed by atoms with Gasteiger partial charge in [-0.3, -0.25) is 14.4 Å². The fraction of sp³-hybridized carbons (Fsp3) is 0.471. The lowest BCUT2D eigenvalue weighted by molar-refractivity contribution is 0.103. The summed E-state index contributed by atoms with van der Waals surface area (Å²) in [5, 5.41) is 26.8. The molecule has 0 spiro atoms. The van der Waals surface area contributed by atoms with Crippen LogP contribution in [0.2, 0.25) is 0 Å². The Bertz CT molecular complexity index is 1590. The number of carbonyl (C=O) groups is 3. The molecule has 9 nitrogen and oxygen atoms in total. The number of ketones is 3. The summed E-state index contributed by atoms with van der Waals surface area (Å²) in [4.78, 5) is 41.9. The Kier molecular flexibility index (Phi) is 22.8. The Morgan fingerprint density at radius 2 is 0.517 bits per heavy atom. The highest BCUT2D eigenvalue weighted by atomic mass is 16.5. The highest BCUT2D eigenvalue weighted by Crippen LogP contribution is 2.24. The molecule has 324 valence electrons. The minimum Gasteiger partial charge on any atom is -0.494 e. The monoisotopic (exact) mass is 822 g/mol. The van der Waals surface area contributed by atoms with E-state index in [2.05, 4.69) is 0 Å². The Morgan fingerprint density at radius 1 is 0.300 bits per heavy atom. The fourth-order valence-electron chi connectivity index (χ4n) is 6.96. The normalized spacial score (nSPS) is 11.1. The second-order valence-corrected chi connectivity index (χ2v) is 15.4. The highest BCUT2D eigenvalue weighted by Gasteiger charge is 2.20. The molecule has 0 saturated heterocycles. The van der Waals surface area contributed by atoms with Crippen LogP contribution in [-0.2, 0) is 0 Å². The third-order valence-corrected chi connectivity index (χ3v) is 10.5. The molecule has 9 heteroatoms. The van der Waals surface area contributed by atoms with Crippen LogP contribution in [0.4, 0.5) is 0 Å². The van der Waals surface area contributed by atoms with E-state index in [0.29, 0.717) is 53.8 Å². The minimum absolute atomic E-state index is 0.228. The van der Waals surface area contributed by atoms with Crippen molar-refractivity contribution in [3.63, 3.8) is 0 Å². The minimum atomic E-state index is -0.317. The largest absolute Gasteiger partial charge is 0.494 e. The van der Waals surface area contributed by atoms with Crippen LogP contribution < -0.4 is 14.2 Å². The van der Waals surface area contributed by atoms with E-state index in [-0.39, 0.29) is 53.9 Å². The van der Waals surface area contributed by atoms with Gasteiger partial charge in [-0.2, -0.15) is 0 Å². The molecule has 0 aliphatic heterocycles. The maximum Gasteiger partial charge on any atom is 0.193 e. The Morgan fingerprint density at radius 3 is 0.750 bits per heavy atom. The van der Waals surface area contributed by atoms with Gasteiger partial charge < -0.3 is 29.5 Å². The molecule has 0 aromatic heterocycles. The van der Waals surface area contributed by atoms with Crippen molar-refractivity contribution in [2.24, 2.45) is 0 Å². The van der Waals surface area contributed by atoms with Crippen molar-refractivity contribution in [1.82, 2.24) is 0 Å². The zero-order chi connectivity index (χ0) is 42.6. The van der Waals surface area contributed by atoms with Gasteiger partial charge in [-0.15, -0.1) is 0 Å². The van der Waals surface area contributed by atoms with E-state index in [4.69, 9.17) is 29.5 Å². The van der Waals surface area contributed by atoms with E-state index in [1.54, 1.807) is 91.0 Å². The summed E-state index contributed by atoms with van der Waals surface area (Å²) < 4.78 is 17.7. The lowest BCUT2D eigenvalue weighted by atomic mass is 9.92. The van der Waals surface area contributed by atoms with Crippen molar-refractivity contribution in [2.75, 3.05) is 39.6 Å². The first-order valence-electron chi connectivity index (χ1n) is 22.2. The molecule has 0 bridgehead atoms. The first kappa shape index (κ1) is 47.8. The van der Waals surface area contributed by atoms with Gasteiger partial charge in [-0.05, 0) is 130 Å². The quantitative estimate of drug-likeness (QED) is 0.0316. The molecule has 4 rings (SSSR count). The first-order chi connectivity index (χ1) is 29.4. The molecule has 0 heterocycles. The van der Waals surface area contributed by atoms with Crippen LogP contribution >= 0.6 is 0 Å². The van der Waals surface area contributed by atoms with Gasteiger partial charge in [-0.25, -0.2) is 0 Å². The Balaban J connectivity index is 1.44. The van der Waals surface area contributed by atoms with Gasteiger partial charge in [0.1, 0.15) is 17.2 Å². The summed E-state index contributed by atoms with van der Waals surface area (Å²) in [6.45, 7) is 2.44. The third-order valence-electron chi connectivity index (χ3n) is 10.5. The number of ether oxygens (including phenoxy) is 3. The topological polar surface area (TPSA) is 140 Å². The van der Waals surface area contributed by atoms with Gasteiger partial charge in [0, 0.05) is 53.2 Å². The molecular formula is C51H66O9. The molecule has 60 heavy (non-hydrogen) atoms. The van der Waals surface area contributed by atoms with Gasteiger partial charge in [0.25, 0.3) is 0 Å². The van der Waals surface area contributed by atoms with Crippen molar-refractivity contribution in [2.45, 2.75) is 116 Å². The zero-order valence-electron chi connectivity index (χ0n) is 35.4. The molecule has 4 aromatic carbocycles. The number of hydrogen-bond acceptors (Lipinski definition) is 9. The standard InChI is InChI=1S/C51H66O9/c52-31-13-7-1-4-10-16-34-58-46-25-19-40(20-26-46)49(55)43-37-44(50(56)41-21-27-47(28-22-41)59-35-17-11-5-2-8-14-32-53)39-45(38-43)51(57)42-23-29-48(30-24-42)60-36-18-12-6-3-9-15-33-54/h19-30,37-39,52-54H,1-18,31-36H2. The number of benzene rings is 4. The van der Waals surface area contributed by atoms with Gasteiger partial charge in [-0.1, -0.05) is 77.0 Å². The SMILES string of the molecule is O=C(c1ccc(OCCCCCCCCO)cc1)c1cc(C(=O)c2ccc(OCCCCCCCCO)cc2)cc(C(=O)c2ccc(OCCCCCCCCO)cc2)c1. The van der Waals surface area contributed by atoms with Crippen LogP contribution in [-0.4, -0.2) is 72.3 Å². The molecule has 0 fully saturated rings. The maximum absolute atomic E-state index is 14.0. The molecule has 0 amide bonds. The van der Waals surface area contributed by atoms with Gasteiger partial charge in [0.2, 0.25) is 0 Å². The van der Waals surface area contributed by atoms with E-state index in [1.807, 2.05) is 0 Å². The predicted octanol–water partition coefficient (Wildman–Crippen LogP) is 10.5. The van der Waals surface area contributed by atoms with Gasteiger partial charge in [0.15, 0.2) is 17.3 Å². The first-order valence-corrected chi connectivity index (χ1v) is 22.2. The molecule has 0 unspecified atom stereocenters. The number of aliphatic hydroxyl groups is 3. The van der Waals surface area contributed by atoms with E-state index in [9.17, 15) is 14.4 Å². The van der Waals surface area contributed by atoms with E-state index in [0.717, 1.165) is 116 Å². The lowest BCUT2D eigenvalue weighted by Gasteiger charge is -2.11. The summed E-state index contributed by atoms with van der Waals surface area (Å²) in [7, 11) is 0. The van der Waals surface area contributed by atoms with Crippen molar-refractivity contribution in [3.05, 3.63) is 124 Å². The number of carbonyl (C=O) groups excluding carboxylic acids is 3. The average molecular weight is 823 g/mol. The summed E-state index contributed by atoms with van der Waals surface area (Å²) in [6.07, 6.45) is 18.2. The van der Waals surface area contributed by atoms with Crippen molar-refractivity contribution < 1.29 is 43.9 Å².